The third-order valence-corrected chi connectivity index (χ3v) is 7.22. The van der Waals surface area contributed by atoms with Crippen LogP contribution >= 0.6 is 0 Å². The van der Waals surface area contributed by atoms with Crippen molar-refractivity contribution < 1.29 is 19.1 Å². The second-order valence-corrected chi connectivity index (χ2v) is 12.3. The number of carbonyl (C=O) groups excluding carboxylic acids is 3. The lowest BCUT2D eigenvalue weighted by atomic mass is 9.97. The first-order chi connectivity index (χ1) is 18.8. The minimum Gasteiger partial charge on any atom is -0.444 e. The van der Waals surface area contributed by atoms with E-state index in [4.69, 9.17) is 4.74 Å². The van der Waals surface area contributed by atoms with Crippen LogP contribution in [-0.2, 0) is 14.3 Å². The van der Waals surface area contributed by atoms with Crippen molar-refractivity contribution >= 4 is 34.4 Å². The number of hydrogen-bond donors (Lipinski definition) is 2. The van der Waals surface area contributed by atoms with Gasteiger partial charge in [0.25, 0.3) is 5.91 Å². The summed E-state index contributed by atoms with van der Waals surface area (Å²) >= 11 is 0. The van der Waals surface area contributed by atoms with Crippen LogP contribution in [-0.4, -0.2) is 40.5 Å². The number of fused-ring (bicyclic) bond motifs is 1. The maximum absolute atomic E-state index is 14.3. The molecule has 3 aromatic carbocycles. The van der Waals surface area contributed by atoms with E-state index in [0.29, 0.717) is 5.69 Å². The van der Waals surface area contributed by atoms with E-state index in [9.17, 15) is 14.4 Å². The van der Waals surface area contributed by atoms with Crippen molar-refractivity contribution in [2.75, 3.05) is 5.32 Å². The van der Waals surface area contributed by atoms with Crippen molar-refractivity contribution in [2.24, 2.45) is 11.8 Å². The number of carbonyl (C=O) groups is 3. The maximum Gasteiger partial charge on any atom is 0.408 e. The Morgan fingerprint density at radius 2 is 1.57 bits per heavy atom. The molecule has 7 nitrogen and oxygen atoms in total. The van der Waals surface area contributed by atoms with Crippen molar-refractivity contribution in [2.45, 2.75) is 78.6 Å². The first kappa shape index (κ1) is 29.1. The lowest BCUT2D eigenvalue weighted by molar-refractivity contribution is -0.142. The van der Waals surface area contributed by atoms with Gasteiger partial charge in [-0.15, -0.1) is 0 Å². The molecule has 2 N–H and O–H groups in total. The molecule has 40 heavy (non-hydrogen) atoms. The number of anilines is 1. The molecular weight excluding hydrogens is 502 g/mol. The summed E-state index contributed by atoms with van der Waals surface area (Å²) in [5.41, 5.74) is 1.73. The Morgan fingerprint density at radius 3 is 2.15 bits per heavy atom. The molecule has 4 unspecified atom stereocenters. The van der Waals surface area contributed by atoms with Gasteiger partial charge < -0.3 is 20.3 Å². The molecule has 3 aromatic rings. The highest BCUT2D eigenvalue weighted by Gasteiger charge is 2.48. The average Bonchev–Trinajstić information content (AvgIpc) is 3.60. The predicted molar refractivity (Wildman–Crippen MR) is 159 cm³/mol. The standard InChI is InChI=1S/C33H41N3O4/c1-20(2)28(35-32(39)40-33(5,6)7)31(38)36(27-18-22(27)4)29(24-14-12-21(3)13-15-24)30(37)34-26-17-16-23-10-8-9-11-25(23)19-26/h8-17,19-20,22,27-29H,18H2,1-7H3,(H,34,37)(H,35,39). The van der Waals surface area contributed by atoms with Crippen LogP contribution in [0.25, 0.3) is 10.8 Å². The number of alkyl carbamates (subject to hydrolysis) is 1. The molecule has 1 aliphatic carbocycles. The summed E-state index contributed by atoms with van der Waals surface area (Å²) in [5, 5.41) is 7.95. The molecule has 0 bridgehead atoms. The van der Waals surface area contributed by atoms with Gasteiger partial charge in [-0.25, -0.2) is 4.79 Å². The van der Waals surface area contributed by atoms with Crippen molar-refractivity contribution in [3.63, 3.8) is 0 Å². The summed E-state index contributed by atoms with van der Waals surface area (Å²) in [6, 6.07) is 19.6. The third kappa shape index (κ3) is 7.00. The van der Waals surface area contributed by atoms with Crippen LogP contribution in [0.15, 0.2) is 66.7 Å². The lowest BCUT2D eigenvalue weighted by Gasteiger charge is -2.36. The molecule has 3 amide bonds. The lowest BCUT2D eigenvalue weighted by Crippen LogP contribution is -2.55. The minimum absolute atomic E-state index is 0.122. The highest BCUT2D eigenvalue weighted by molar-refractivity contribution is 6.00. The molecule has 0 aliphatic heterocycles. The Bertz CT molecular complexity index is 1380. The Hall–Kier alpha value is -3.87. The molecule has 4 rings (SSSR count). The molecule has 1 saturated carbocycles. The molecular formula is C33H41N3O4. The van der Waals surface area contributed by atoms with Crippen molar-refractivity contribution in [3.8, 4) is 0 Å². The fourth-order valence-corrected chi connectivity index (χ4v) is 4.95. The number of nitrogens with zero attached hydrogens (tertiary/aromatic N) is 1. The zero-order chi connectivity index (χ0) is 29.2. The van der Waals surface area contributed by atoms with Crippen LogP contribution in [0.1, 0.15) is 65.1 Å². The maximum atomic E-state index is 14.3. The Balaban J connectivity index is 1.70. The van der Waals surface area contributed by atoms with Gasteiger partial charge in [0.15, 0.2) is 0 Å². The monoisotopic (exact) mass is 543 g/mol. The highest BCUT2D eigenvalue weighted by atomic mass is 16.6. The summed E-state index contributed by atoms with van der Waals surface area (Å²) in [4.78, 5) is 42.8. The smallest absolute Gasteiger partial charge is 0.408 e. The van der Waals surface area contributed by atoms with Crippen LogP contribution in [0.2, 0.25) is 0 Å². The Morgan fingerprint density at radius 1 is 0.950 bits per heavy atom. The van der Waals surface area contributed by atoms with Crippen molar-refractivity contribution in [1.29, 1.82) is 0 Å². The molecule has 1 aliphatic rings. The Kier molecular flexibility index (Phi) is 8.52. The first-order valence-corrected chi connectivity index (χ1v) is 14.0. The fourth-order valence-electron chi connectivity index (χ4n) is 4.95. The van der Waals surface area contributed by atoms with Gasteiger partial charge in [-0.2, -0.15) is 0 Å². The van der Waals surface area contributed by atoms with Gasteiger partial charge in [0.1, 0.15) is 17.7 Å². The second-order valence-electron chi connectivity index (χ2n) is 12.3. The summed E-state index contributed by atoms with van der Waals surface area (Å²) < 4.78 is 5.47. The zero-order valence-electron chi connectivity index (χ0n) is 24.5. The molecule has 7 heteroatoms. The van der Waals surface area contributed by atoms with Crippen molar-refractivity contribution in [1.82, 2.24) is 10.2 Å². The number of benzene rings is 3. The average molecular weight is 544 g/mol. The largest absolute Gasteiger partial charge is 0.444 e. The summed E-state index contributed by atoms with van der Waals surface area (Å²) in [6.45, 7) is 13.2. The Labute approximate surface area is 237 Å². The molecule has 0 saturated heterocycles. The number of aryl methyl sites for hydroxylation is 1. The SMILES string of the molecule is Cc1ccc(C(C(=O)Nc2ccc3ccccc3c2)N(C(=O)C(NC(=O)OC(C)(C)C)C(C)C)C2CC2C)cc1. The van der Waals surface area contributed by atoms with Crippen LogP contribution in [0.4, 0.5) is 10.5 Å². The summed E-state index contributed by atoms with van der Waals surface area (Å²) in [7, 11) is 0. The number of amides is 3. The summed E-state index contributed by atoms with van der Waals surface area (Å²) in [6.07, 6.45) is 0.130. The molecule has 1 fully saturated rings. The van der Waals surface area contributed by atoms with E-state index in [0.717, 1.165) is 28.3 Å². The third-order valence-electron chi connectivity index (χ3n) is 7.22. The normalized spacial score (nSPS) is 18.1. The molecule has 212 valence electrons. The van der Waals surface area contributed by atoms with Gasteiger partial charge in [-0.3, -0.25) is 9.59 Å². The molecule has 0 radical (unpaired) electrons. The van der Waals surface area contributed by atoms with Crippen LogP contribution in [0, 0.1) is 18.8 Å². The molecule has 0 spiro atoms. The zero-order valence-corrected chi connectivity index (χ0v) is 24.5. The number of nitrogens with one attached hydrogen (secondary N) is 2. The van der Waals surface area contributed by atoms with E-state index in [1.54, 1.807) is 25.7 Å². The second kappa shape index (κ2) is 11.7. The van der Waals surface area contributed by atoms with Gasteiger partial charge in [-0.1, -0.05) is 80.9 Å². The highest BCUT2D eigenvalue weighted by Crippen LogP contribution is 2.41. The molecule has 4 atom stereocenters. The first-order valence-electron chi connectivity index (χ1n) is 14.0. The number of rotatable bonds is 8. The number of ether oxygens (including phenoxy) is 1. The predicted octanol–water partition coefficient (Wildman–Crippen LogP) is 6.61. The fraction of sp³-hybridized carbons (Fsp3) is 0.424. The molecule has 0 aromatic heterocycles. The van der Waals surface area contributed by atoms with Crippen LogP contribution in [0.5, 0.6) is 0 Å². The van der Waals surface area contributed by atoms with Gasteiger partial charge in [0.05, 0.1) is 0 Å². The van der Waals surface area contributed by atoms with Gasteiger partial charge >= 0.3 is 6.09 Å². The van der Waals surface area contributed by atoms with E-state index >= 15 is 0 Å². The number of hydrogen-bond acceptors (Lipinski definition) is 4. The van der Waals surface area contributed by atoms with Crippen LogP contribution < -0.4 is 10.6 Å². The van der Waals surface area contributed by atoms with Gasteiger partial charge in [-0.05, 0) is 74.4 Å². The topological polar surface area (TPSA) is 87.7 Å². The van der Waals surface area contributed by atoms with Crippen molar-refractivity contribution in [3.05, 3.63) is 77.9 Å². The molecule has 0 heterocycles. The summed E-state index contributed by atoms with van der Waals surface area (Å²) in [5.74, 6) is -0.584. The van der Waals surface area contributed by atoms with Crippen LogP contribution in [0.3, 0.4) is 0 Å². The quantitative estimate of drug-likeness (QED) is 0.334. The minimum atomic E-state index is -0.879. The van der Waals surface area contributed by atoms with Gasteiger partial charge in [0.2, 0.25) is 5.91 Å². The van der Waals surface area contributed by atoms with E-state index < -0.39 is 23.8 Å². The van der Waals surface area contributed by atoms with E-state index in [2.05, 4.69) is 17.6 Å². The van der Waals surface area contributed by atoms with Gasteiger partial charge in [0, 0.05) is 11.7 Å². The van der Waals surface area contributed by atoms with E-state index in [1.165, 1.54) is 0 Å². The van der Waals surface area contributed by atoms with E-state index in [-0.39, 0.29) is 29.7 Å². The van der Waals surface area contributed by atoms with E-state index in [1.807, 2.05) is 87.5 Å².